The Bertz CT molecular complexity index is 1800. The molecule has 56 heavy (non-hydrogen) atoms. The first kappa shape index (κ1) is 51.0. The number of phosphoric ester groups is 2. The lowest BCUT2D eigenvalue weighted by Crippen LogP contribution is -2.28. The maximum Gasteiger partial charge on any atom is 0.490 e. The fraction of sp³-hybridized carbons (Fsp3) is 0.773. The summed E-state index contributed by atoms with van der Waals surface area (Å²) in [4.78, 5) is 85.4. The number of nitrogens with one attached hydrogen (secondary N) is 2. The highest BCUT2D eigenvalue weighted by molar-refractivity contribution is 7.72. The maximum atomic E-state index is 12.2. The number of nitrogens with zero attached hydrogens (tertiary/aromatic N) is 2. The second kappa shape index (κ2) is 22.5. The second-order valence-electron chi connectivity index (χ2n) is 11.5. The van der Waals surface area contributed by atoms with Gasteiger partial charge >= 0.3 is 52.6 Å². The minimum Gasteiger partial charge on any atom is -0.390 e. The molecule has 1 aromatic heterocycles. The highest BCUT2D eigenvalue weighted by Gasteiger charge is 2.50. The lowest BCUT2D eigenvalue weighted by Gasteiger charge is -2.21. The number of carbonyl (C=O) groups excluding carboxylic acids is 1. The Morgan fingerprint density at radius 1 is 0.804 bits per heavy atom. The molecule has 1 aliphatic heterocycles. The smallest absolute Gasteiger partial charge is 0.390 e. The van der Waals surface area contributed by atoms with E-state index in [2.05, 4.69) is 46.2 Å². The number of rotatable bonds is 28. The van der Waals surface area contributed by atoms with Crippen LogP contribution in [0.3, 0.4) is 0 Å². The predicted molar refractivity (Wildman–Crippen MR) is 188 cm³/mol. The predicted octanol–water partition coefficient (Wildman–Crippen LogP) is 1.65. The van der Waals surface area contributed by atoms with Crippen molar-refractivity contribution in [3.63, 3.8) is 0 Å². The van der Waals surface area contributed by atoms with Crippen LogP contribution in [0.5, 0.6) is 0 Å². The van der Waals surface area contributed by atoms with Gasteiger partial charge in [0.2, 0.25) is 5.91 Å². The molecule has 28 nitrogen and oxygen atoms in total. The molecule has 0 spiro atoms. The molecule has 1 aliphatic rings. The number of ether oxygens (including phenoxy) is 1. The summed E-state index contributed by atoms with van der Waals surface area (Å²) in [6.07, 6.45) is 1.42. The van der Waals surface area contributed by atoms with Crippen molar-refractivity contribution in [2.24, 2.45) is 0 Å². The normalized spacial score (nSPS) is 23.8. The average molecular weight is 933 g/mol. The SMILES string of the molecule is CNCCCCCC(=O)NCCCCCCOP(=O)(O)OP(=O)(O)OP(=O)(O)OP(=O)(O)OP(=O)(O)OP(=O)(O)OC[C@H]1O[C@@H](n2ccc(N)nc2=O)C[C@H]1O. The van der Waals surface area contributed by atoms with Crippen molar-refractivity contribution in [1.82, 2.24) is 20.2 Å². The van der Waals surface area contributed by atoms with Crippen LogP contribution in [0.15, 0.2) is 17.1 Å². The van der Waals surface area contributed by atoms with E-state index in [1.807, 2.05) is 7.05 Å². The molecule has 0 bridgehead atoms. The summed E-state index contributed by atoms with van der Waals surface area (Å²) in [5.74, 6) is -0.219. The van der Waals surface area contributed by atoms with E-state index in [1.54, 1.807) is 0 Å². The number of nitrogen functional groups attached to an aromatic ring is 1. The van der Waals surface area contributed by atoms with E-state index < -0.39 is 84.3 Å². The largest absolute Gasteiger partial charge is 0.490 e. The highest BCUT2D eigenvalue weighted by Crippen LogP contribution is 2.75. The summed E-state index contributed by atoms with van der Waals surface area (Å²) in [6, 6.07) is 1.23. The molecule has 0 aromatic carbocycles. The number of aliphatic hydroxyl groups is 1. The Balaban J connectivity index is 1.77. The fourth-order valence-electron chi connectivity index (χ4n) is 4.45. The maximum absolute atomic E-state index is 12.2. The van der Waals surface area contributed by atoms with Crippen molar-refractivity contribution in [1.29, 1.82) is 0 Å². The molecule has 6 unspecified atom stereocenters. The van der Waals surface area contributed by atoms with Gasteiger partial charge < -0.3 is 55.6 Å². The van der Waals surface area contributed by atoms with Crippen LogP contribution in [0.4, 0.5) is 5.82 Å². The molecular formula is C22H45N5O23P6. The molecule has 0 aliphatic carbocycles. The number of carbonyl (C=O) groups is 1. The van der Waals surface area contributed by atoms with Crippen molar-refractivity contribution in [2.75, 3.05) is 39.1 Å². The number of hydrogen-bond acceptors (Lipinski definition) is 20. The Hall–Kier alpha value is -1.11. The summed E-state index contributed by atoms with van der Waals surface area (Å²) < 4.78 is 106. The molecule has 34 heteroatoms. The summed E-state index contributed by atoms with van der Waals surface area (Å²) in [6.45, 7) is -0.361. The van der Waals surface area contributed by atoms with Crippen LogP contribution >= 0.6 is 46.9 Å². The monoisotopic (exact) mass is 933 g/mol. The number of unbranched alkanes of at least 4 members (excludes halogenated alkanes) is 5. The van der Waals surface area contributed by atoms with Crippen molar-refractivity contribution in [3.05, 3.63) is 22.7 Å². The van der Waals surface area contributed by atoms with Gasteiger partial charge in [0.15, 0.2) is 0 Å². The van der Waals surface area contributed by atoms with Gasteiger partial charge in [0.1, 0.15) is 18.1 Å². The zero-order chi connectivity index (χ0) is 42.4. The Kier molecular flexibility index (Phi) is 20.5. The summed E-state index contributed by atoms with van der Waals surface area (Å²) in [5, 5.41) is 15.9. The van der Waals surface area contributed by atoms with E-state index in [9.17, 15) is 71.4 Å². The van der Waals surface area contributed by atoms with Gasteiger partial charge in [-0.3, -0.25) is 18.4 Å². The molecule has 9 atom stereocenters. The molecule has 11 N–H and O–H groups in total. The number of hydrogen-bond donors (Lipinski definition) is 10. The molecular weight excluding hydrogens is 888 g/mol. The van der Waals surface area contributed by atoms with Crippen LogP contribution in [0.2, 0.25) is 0 Å². The van der Waals surface area contributed by atoms with E-state index in [0.717, 1.165) is 30.4 Å². The van der Waals surface area contributed by atoms with E-state index in [-0.39, 0.29) is 24.6 Å². The fourth-order valence-corrected chi connectivity index (χ4v) is 12.3. The first-order valence-electron chi connectivity index (χ1n) is 16.2. The van der Waals surface area contributed by atoms with Crippen LogP contribution < -0.4 is 22.1 Å². The van der Waals surface area contributed by atoms with Gasteiger partial charge in [-0.25, -0.2) is 32.2 Å². The highest BCUT2D eigenvalue weighted by atomic mass is 31.3. The summed E-state index contributed by atoms with van der Waals surface area (Å²) >= 11 is 0. The van der Waals surface area contributed by atoms with Crippen LogP contribution in [-0.2, 0) is 67.5 Å². The quantitative estimate of drug-likeness (QED) is 0.0422. The van der Waals surface area contributed by atoms with E-state index in [4.69, 9.17) is 10.5 Å². The first-order valence-corrected chi connectivity index (χ1v) is 25.1. The third-order valence-electron chi connectivity index (χ3n) is 6.78. The lowest BCUT2D eigenvalue weighted by molar-refractivity contribution is -0.121. The number of anilines is 1. The molecule has 1 amide bonds. The first-order chi connectivity index (χ1) is 25.7. The molecule has 0 radical (unpaired) electrons. The van der Waals surface area contributed by atoms with E-state index >= 15 is 0 Å². The van der Waals surface area contributed by atoms with Crippen LogP contribution in [0.1, 0.15) is 64.0 Å². The number of nitrogens with two attached hydrogens (primary N) is 1. The summed E-state index contributed by atoms with van der Waals surface area (Å²) in [5.41, 5.74) is 4.52. The number of amides is 1. The van der Waals surface area contributed by atoms with Crippen molar-refractivity contribution < 1.29 is 102 Å². The van der Waals surface area contributed by atoms with Gasteiger partial charge in [0.25, 0.3) is 0 Å². The Morgan fingerprint density at radius 2 is 1.30 bits per heavy atom. The Labute approximate surface area is 318 Å². The van der Waals surface area contributed by atoms with Crippen LogP contribution in [0.25, 0.3) is 0 Å². The van der Waals surface area contributed by atoms with Crippen molar-refractivity contribution in [2.45, 2.75) is 76.2 Å². The van der Waals surface area contributed by atoms with Gasteiger partial charge in [-0.15, -0.1) is 0 Å². The van der Waals surface area contributed by atoms with Gasteiger partial charge in [-0.05, 0) is 45.3 Å². The van der Waals surface area contributed by atoms with Gasteiger partial charge in [0, 0.05) is 25.6 Å². The number of phosphoric acid groups is 6. The molecule has 1 aromatic rings. The average Bonchev–Trinajstić information content (AvgIpc) is 3.37. The number of aliphatic hydroxyl groups excluding tert-OH is 1. The zero-order valence-electron chi connectivity index (χ0n) is 29.4. The Morgan fingerprint density at radius 3 is 1.86 bits per heavy atom. The van der Waals surface area contributed by atoms with Crippen molar-refractivity contribution in [3.8, 4) is 0 Å². The van der Waals surface area contributed by atoms with Gasteiger partial charge in [0.05, 0.1) is 19.3 Å². The van der Waals surface area contributed by atoms with Gasteiger partial charge in [-0.1, -0.05) is 19.3 Å². The minimum atomic E-state index is -6.46. The topological polar surface area (TPSA) is 420 Å². The third-order valence-corrected chi connectivity index (χ3v) is 16.0. The molecule has 1 fully saturated rings. The molecule has 326 valence electrons. The van der Waals surface area contributed by atoms with Gasteiger partial charge in [-0.2, -0.15) is 26.5 Å². The second-order valence-corrected chi connectivity index (χ2v) is 20.9. The van der Waals surface area contributed by atoms with Crippen molar-refractivity contribution >= 4 is 58.7 Å². The van der Waals surface area contributed by atoms with Crippen LogP contribution in [0, 0.1) is 0 Å². The molecule has 2 rings (SSSR count). The van der Waals surface area contributed by atoms with E-state index in [1.165, 1.54) is 12.3 Å². The molecule has 0 saturated carbocycles. The minimum absolute atomic E-state index is 0.0967. The molecule has 1 saturated heterocycles. The lowest BCUT2D eigenvalue weighted by atomic mass is 10.1. The number of aromatic nitrogens is 2. The van der Waals surface area contributed by atoms with E-state index in [0.29, 0.717) is 32.2 Å². The molecule has 2 heterocycles. The standard InChI is InChI=1S/C22H45N5O23P6/c1-24-11-6-4-5-9-20(29)25-12-7-2-3-8-14-43-51(31,32)46-53(35,36)48-55(39,40)50-56(41,42)49-54(37,38)47-52(33,34)44-16-18-17(28)15-21(45-18)27-13-10-19(23)26-22(27)30/h10,13,17-18,21,24,28H,2-9,11-12,14-16H2,1H3,(H,25,29)(H,31,32)(H,33,34)(H,35,36)(H,37,38)(H,39,40)(H,41,42)(H2,23,26,30)/t17-,18-,21-/m1/s1. The zero-order valence-corrected chi connectivity index (χ0v) is 34.8. The summed E-state index contributed by atoms with van der Waals surface area (Å²) in [7, 11) is -34.9. The third kappa shape index (κ3) is 20.7. The van der Waals surface area contributed by atoms with Crippen LogP contribution in [-0.4, -0.2) is 95.5 Å².